The van der Waals surface area contributed by atoms with Crippen LogP contribution in [0.2, 0.25) is 0 Å². The zero-order valence-electron chi connectivity index (χ0n) is 12.7. The molecule has 1 fully saturated rings. The van der Waals surface area contributed by atoms with Crippen LogP contribution in [0.5, 0.6) is 0 Å². The summed E-state index contributed by atoms with van der Waals surface area (Å²) in [7, 11) is 0. The minimum Gasteiger partial charge on any atom is -0.314 e. The smallest absolute Gasteiger partial charge is 0.0398 e. The van der Waals surface area contributed by atoms with Crippen LogP contribution < -0.4 is 5.32 Å². The second kappa shape index (κ2) is 9.09. The van der Waals surface area contributed by atoms with E-state index in [0.717, 1.165) is 35.1 Å². The number of hydrogen-bond acceptors (Lipinski definition) is 2. The highest BCUT2D eigenvalue weighted by Gasteiger charge is 2.32. The molecule has 1 aliphatic rings. The maximum absolute atomic E-state index is 3.61. The van der Waals surface area contributed by atoms with E-state index < -0.39 is 0 Å². The van der Waals surface area contributed by atoms with Crippen molar-refractivity contribution in [1.29, 1.82) is 0 Å². The van der Waals surface area contributed by atoms with Gasteiger partial charge in [0.2, 0.25) is 0 Å². The van der Waals surface area contributed by atoms with Gasteiger partial charge in [-0.15, -0.1) is 24.8 Å². The monoisotopic (exact) mass is 460 g/mol. The third kappa shape index (κ3) is 6.00. The molecule has 1 aliphatic heterocycles. The average molecular weight is 463 g/mol. The van der Waals surface area contributed by atoms with E-state index >= 15 is 0 Å². The molecule has 6 heteroatoms. The topological polar surface area (TPSA) is 15.3 Å². The summed E-state index contributed by atoms with van der Waals surface area (Å²) < 4.78 is 2.28. The molecule has 0 unspecified atom stereocenters. The number of hydrogen-bond donors (Lipinski definition) is 1. The van der Waals surface area contributed by atoms with Crippen molar-refractivity contribution in [1.82, 2.24) is 10.2 Å². The van der Waals surface area contributed by atoms with Crippen molar-refractivity contribution in [3.05, 3.63) is 32.7 Å². The van der Waals surface area contributed by atoms with Crippen molar-refractivity contribution in [2.45, 2.75) is 26.8 Å². The van der Waals surface area contributed by atoms with Gasteiger partial charge in [0, 0.05) is 41.2 Å². The lowest BCUT2D eigenvalue weighted by Gasteiger charge is -2.42. The van der Waals surface area contributed by atoms with Crippen LogP contribution in [0.1, 0.15) is 32.4 Å². The van der Waals surface area contributed by atoms with Gasteiger partial charge in [-0.2, -0.15) is 0 Å². The van der Waals surface area contributed by atoms with Crippen LogP contribution in [0, 0.1) is 5.41 Å². The summed E-state index contributed by atoms with van der Waals surface area (Å²) in [5.74, 6) is 0. The molecule has 0 amide bonds. The van der Waals surface area contributed by atoms with Gasteiger partial charge in [-0.05, 0) is 29.2 Å². The first-order chi connectivity index (χ1) is 8.88. The van der Waals surface area contributed by atoms with E-state index in [1.54, 1.807) is 0 Å². The number of halogens is 4. The number of piperazine rings is 1. The van der Waals surface area contributed by atoms with Gasteiger partial charge in [0.05, 0.1) is 0 Å². The first-order valence-electron chi connectivity index (χ1n) is 6.79. The minimum atomic E-state index is 0. The van der Waals surface area contributed by atoms with Gasteiger partial charge in [-0.25, -0.2) is 0 Å². The van der Waals surface area contributed by atoms with Gasteiger partial charge in [-0.1, -0.05) is 52.6 Å². The molecule has 0 bridgehead atoms. The first-order valence-corrected chi connectivity index (χ1v) is 8.37. The normalized spacial score (nSPS) is 17.6. The number of nitrogens with zero attached hydrogens (tertiary/aromatic N) is 1. The summed E-state index contributed by atoms with van der Waals surface area (Å²) in [6, 6.07) is 7.05. The van der Waals surface area contributed by atoms with Crippen LogP contribution in [0.4, 0.5) is 0 Å². The van der Waals surface area contributed by atoms with Crippen LogP contribution in [-0.2, 0) is 0 Å². The minimum absolute atomic E-state index is 0. The van der Waals surface area contributed by atoms with E-state index in [-0.39, 0.29) is 30.2 Å². The first kappa shape index (κ1) is 21.7. The molecule has 21 heavy (non-hydrogen) atoms. The molecule has 2 nitrogen and oxygen atoms in total. The van der Waals surface area contributed by atoms with Crippen molar-refractivity contribution >= 4 is 56.7 Å². The maximum Gasteiger partial charge on any atom is 0.0398 e. The Kier molecular flexibility index (Phi) is 9.39. The molecule has 1 aromatic carbocycles. The summed E-state index contributed by atoms with van der Waals surface area (Å²) in [5, 5.41) is 3.44. The summed E-state index contributed by atoms with van der Waals surface area (Å²) in [6.45, 7) is 11.4. The Bertz CT molecular complexity index is 424. The van der Waals surface area contributed by atoms with Crippen LogP contribution in [-0.4, -0.2) is 31.1 Å². The Morgan fingerprint density at radius 1 is 1.00 bits per heavy atom. The quantitative estimate of drug-likeness (QED) is 0.661. The third-order valence-electron chi connectivity index (χ3n) is 3.54. The van der Waals surface area contributed by atoms with Crippen LogP contribution >= 0.6 is 56.7 Å². The molecule has 0 aromatic heterocycles. The molecule has 1 heterocycles. The summed E-state index contributed by atoms with van der Waals surface area (Å²) in [4.78, 5) is 2.60. The second-order valence-electron chi connectivity index (χ2n) is 6.26. The van der Waals surface area contributed by atoms with Crippen LogP contribution in [0.25, 0.3) is 0 Å². The highest BCUT2D eigenvalue weighted by atomic mass is 79.9. The van der Waals surface area contributed by atoms with Gasteiger partial charge in [0.25, 0.3) is 0 Å². The van der Waals surface area contributed by atoms with Crippen molar-refractivity contribution in [2.24, 2.45) is 5.41 Å². The molecule has 2 rings (SSSR count). The molecule has 122 valence electrons. The lowest BCUT2D eigenvalue weighted by molar-refractivity contribution is 0.0861. The molecule has 1 saturated heterocycles. The Balaban J connectivity index is 0.00000200. The summed E-state index contributed by atoms with van der Waals surface area (Å²) in [6.07, 6.45) is 0. The number of benzene rings is 1. The highest BCUT2D eigenvalue weighted by Crippen LogP contribution is 2.39. The van der Waals surface area contributed by atoms with Gasteiger partial charge in [-0.3, -0.25) is 4.90 Å². The maximum atomic E-state index is 3.61. The van der Waals surface area contributed by atoms with Crippen molar-refractivity contribution in [3.63, 3.8) is 0 Å². The zero-order valence-corrected chi connectivity index (χ0v) is 17.5. The Morgan fingerprint density at radius 3 is 1.90 bits per heavy atom. The van der Waals surface area contributed by atoms with Gasteiger partial charge >= 0.3 is 0 Å². The molecular weight excluding hydrogens is 439 g/mol. The molecule has 0 saturated carbocycles. The van der Waals surface area contributed by atoms with Gasteiger partial charge in [0.1, 0.15) is 0 Å². The fraction of sp³-hybridized carbons (Fsp3) is 0.600. The highest BCUT2D eigenvalue weighted by molar-refractivity contribution is 9.11. The van der Waals surface area contributed by atoms with Crippen molar-refractivity contribution in [2.75, 3.05) is 26.2 Å². The zero-order chi connectivity index (χ0) is 14.0. The predicted octanol–water partition coefficient (Wildman–Crippen LogP) is 5.05. The molecule has 0 radical (unpaired) electrons. The van der Waals surface area contributed by atoms with E-state index in [9.17, 15) is 0 Å². The van der Waals surface area contributed by atoms with E-state index in [1.165, 1.54) is 5.56 Å². The fourth-order valence-corrected chi connectivity index (χ4v) is 4.26. The van der Waals surface area contributed by atoms with Gasteiger partial charge in [0.15, 0.2) is 0 Å². The van der Waals surface area contributed by atoms with Crippen molar-refractivity contribution in [3.8, 4) is 0 Å². The molecule has 1 aromatic rings. The summed E-state index contributed by atoms with van der Waals surface area (Å²) >= 11 is 7.22. The SMILES string of the molecule is CC(C)(C)[C@H](c1cc(Br)cc(Br)c1)N1CCNCC1.Cl.Cl. The van der Waals surface area contributed by atoms with Crippen LogP contribution in [0.3, 0.4) is 0 Å². The van der Waals surface area contributed by atoms with E-state index in [0.29, 0.717) is 6.04 Å². The Morgan fingerprint density at radius 2 is 1.48 bits per heavy atom. The van der Waals surface area contributed by atoms with E-state index in [1.807, 2.05) is 0 Å². The lowest BCUT2D eigenvalue weighted by Crippen LogP contribution is -2.48. The third-order valence-corrected chi connectivity index (χ3v) is 4.45. The molecule has 1 N–H and O–H groups in total. The van der Waals surface area contributed by atoms with Gasteiger partial charge < -0.3 is 5.32 Å². The molecule has 1 atom stereocenters. The molecule has 0 aliphatic carbocycles. The number of nitrogens with one attached hydrogen (secondary N) is 1. The number of rotatable bonds is 2. The van der Waals surface area contributed by atoms with Crippen LogP contribution in [0.15, 0.2) is 27.1 Å². The standard InChI is InChI=1S/C15H22Br2N2.2ClH/c1-15(2,3)14(19-6-4-18-5-7-19)11-8-12(16)10-13(17)9-11;;/h8-10,14,18H,4-7H2,1-3H3;2*1H/t14-;;/m0../s1. The molecule has 0 spiro atoms. The van der Waals surface area contributed by atoms with Crippen molar-refractivity contribution < 1.29 is 0 Å². The Hall–Kier alpha value is 0.680. The Labute approximate surface area is 157 Å². The van der Waals surface area contributed by atoms with E-state index in [4.69, 9.17) is 0 Å². The average Bonchev–Trinajstić information content (AvgIpc) is 2.27. The largest absolute Gasteiger partial charge is 0.314 e. The lowest BCUT2D eigenvalue weighted by atomic mass is 9.81. The second-order valence-corrected chi connectivity index (χ2v) is 8.09. The molecular formula is C15H24Br2Cl2N2. The van der Waals surface area contributed by atoms with E-state index in [2.05, 4.69) is 81.0 Å². The summed E-state index contributed by atoms with van der Waals surface area (Å²) in [5.41, 5.74) is 1.60. The fourth-order valence-electron chi connectivity index (χ4n) is 2.93. The predicted molar refractivity (Wildman–Crippen MR) is 103 cm³/mol.